The molecule has 176 valence electrons. The van der Waals surface area contributed by atoms with Crippen molar-refractivity contribution in [3.63, 3.8) is 0 Å². The molecule has 0 atom stereocenters. The van der Waals surface area contributed by atoms with Crippen molar-refractivity contribution in [2.75, 3.05) is 20.3 Å². The molecule has 0 heterocycles. The van der Waals surface area contributed by atoms with E-state index in [0.29, 0.717) is 17.7 Å². The van der Waals surface area contributed by atoms with Crippen LogP contribution in [0.5, 0.6) is 5.75 Å². The monoisotopic (exact) mass is 446 g/mol. The van der Waals surface area contributed by atoms with E-state index in [4.69, 9.17) is 9.47 Å². The van der Waals surface area contributed by atoms with Gasteiger partial charge in [0.2, 0.25) is 0 Å². The number of ether oxygens (including phenoxy) is 3. The number of hydrogen-bond donors (Lipinski definition) is 2. The molecule has 0 radical (unpaired) electrons. The third-order valence-electron chi connectivity index (χ3n) is 4.18. The molecule has 0 fully saturated rings. The molecule has 2 N–H and O–H groups in total. The zero-order valence-electron chi connectivity index (χ0n) is 19.7. The summed E-state index contributed by atoms with van der Waals surface area (Å²) < 4.78 is 15.6. The van der Waals surface area contributed by atoms with Gasteiger partial charge < -0.3 is 24.8 Å². The third kappa shape index (κ3) is 10.7. The summed E-state index contributed by atoms with van der Waals surface area (Å²) in [5.74, 6) is -0.234. The number of esters is 2. The summed E-state index contributed by atoms with van der Waals surface area (Å²) in [5.41, 5.74) is 0.0146. The average molecular weight is 447 g/mol. The van der Waals surface area contributed by atoms with Gasteiger partial charge in [0.25, 0.3) is 0 Å². The highest BCUT2D eigenvalue weighted by Gasteiger charge is 2.31. The molecule has 0 unspecified atom stereocenters. The van der Waals surface area contributed by atoms with Crippen LogP contribution in [0.1, 0.15) is 46.6 Å². The van der Waals surface area contributed by atoms with Gasteiger partial charge in [-0.2, -0.15) is 0 Å². The van der Waals surface area contributed by atoms with Crippen LogP contribution in [0.25, 0.3) is 6.08 Å². The van der Waals surface area contributed by atoms with Gasteiger partial charge >= 0.3 is 18.0 Å². The van der Waals surface area contributed by atoms with Crippen molar-refractivity contribution in [3.05, 3.63) is 48.1 Å². The maximum Gasteiger partial charge on any atom is 0.333 e. The predicted octanol–water partition coefficient (Wildman–Crippen LogP) is 3.62. The fourth-order valence-electron chi connectivity index (χ4n) is 3.13. The molecule has 8 nitrogen and oxygen atoms in total. The minimum atomic E-state index is -0.572. The Hall–Kier alpha value is -3.29. The quantitative estimate of drug-likeness (QED) is 0.306. The van der Waals surface area contributed by atoms with Crippen molar-refractivity contribution in [2.24, 2.45) is 0 Å². The van der Waals surface area contributed by atoms with Gasteiger partial charge in [0.1, 0.15) is 18.0 Å². The number of rotatable bonds is 11. The number of urea groups is 1. The predicted molar refractivity (Wildman–Crippen MR) is 123 cm³/mol. The summed E-state index contributed by atoms with van der Waals surface area (Å²) in [6, 6.07) is 6.94. The third-order valence-corrected chi connectivity index (χ3v) is 4.18. The molecule has 0 saturated heterocycles. The lowest BCUT2D eigenvalue weighted by atomic mass is 9.89. The minimum Gasteiger partial charge on any atom is -0.488 e. The van der Waals surface area contributed by atoms with Gasteiger partial charge in [0, 0.05) is 23.6 Å². The van der Waals surface area contributed by atoms with Crippen LogP contribution in [-0.2, 0) is 19.1 Å². The zero-order valence-corrected chi connectivity index (χ0v) is 19.7. The molecule has 0 bridgehead atoms. The van der Waals surface area contributed by atoms with Gasteiger partial charge in [-0.1, -0.05) is 18.7 Å². The van der Waals surface area contributed by atoms with E-state index in [1.54, 1.807) is 13.0 Å². The molecule has 0 spiro atoms. The van der Waals surface area contributed by atoms with E-state index in [0.717, 1.165) is 5.56 Å². The van der Waals surface area contributed by atoms with Crippen LogP contribution in [0.15, 0.2) is 42.5 Å². The smallest absolute Gasteiger partial charge is 0.333 e. The van der Waals surface area contributed by atoms with Crippen molar-refractivity contribution >= 4 is 24.0 Å². The van der Waals surface area contributed by atoms with Gasteiger partial charge in [0.15, 0.2) is 0 Å². The van der Waals surface area contributed by atoms with E-state index in [1.807, 2.05) is 52.0 Å². The molecular formula is C24H34N2O6. The van der Waals surface area contributed by atoms with Crippen LogP contribution < -0.4 is 15.4 Å². The molecule has 32 heavy (non-hydrogen) atoms. The Morgan fingerprint density at radius 2 is 1.72 bits per heavy atom. The Labute approximate surface area is 190 Å². The lowest BCUT2D eigenvalue weighted by molar-refractivity contribution is -0.138. The highest BCUT2D eigenvalue weighted by Crippen LogP contribution is 2.26. The van der Waals surface area contributed by atoms with Crippen LogP contribution in [0.2, 0.25) is 0 Å². The second-order valence-corrected chi connectivity index (χ2v) is 8.65. The first-order chi connectivity index (χ1) is 14.8. The van der Waals surface area contributed by atoms with E-state index >= 15 is 0 Å². The fraction of sp³-hybridized carbons (Fsp3) is 0.458. The van der Waals surface area contributed by atoms with Crippen LogP contribution in [-0.4, -0.2) is 49.4 Å². The molecule has 8 heteroatoms. The molecule has 0 saturated carbocycles. The zero-order chi connectivity index (χ0) is 24.4. The summed E-state index contributed by atoms with van der Waals surface area (Å²) in [7, 11) is 1.33. The van der Waals surface area contributed by atoms with Crippen LogP contribution in [0.3, 0.4) is 0 Å². The standard InChI is InChI=1S/C24H34N2O6/c1-17(2)21(28)31-15-14-25-22(29)26-23(3,4)16-24(5,6)32-19-11-8-18(9-12-19)10-13-20(27)30-7/h8-13H,1,14-16H2,2-7H3,(H2,25,26,29)/b13-10+. The summed E-state index contributed by atoms with van der Waals surface area (Å²) in [5, 5.41) is 5.57. The van der Waals surface area contributed by atoms with E-state index in [9.17, 15) is 14.4 Å². The Kier molecular flexibility index (Phi) is 9.97. The van der Waals surface area contributed by atoms with Crippen molar-refractivity contribution in [2.45, 2.75) is 52.2 Å². The van der Waals surface area contributed by atoms with Crippen LogP contribution >= 0.6 is 0 Å². The maximum atomic E-state index is 12.2. The lowest BCUT2D eigenvalue weighted by Crippen LogP contribution is -2.52. The maximum absolute atomic E-state index is 12.2. The summed E-state index contributed by atoms with van der Waals surface area (Å²) in [4.78, 5) is 34.7. The number of nitrogens with one attached hydrogen (secondary N) is 2. The molecule has 0 aliphatic rings. The molecule has 0 aliphatic heterocycles. The second kappa shape index (κ2) is 11.9. The van der Waals surface area contributed by atoms with Crippen LogP contribution in [0.4, 0.5) is 4.79 Å². The van der Waals surface area contributed by atoms with E-state index in [-0.39, 0.29) is 19.2 Å². The Morgan fingerprint density at radius 3 is 2.28 bits per heavy atom. The molecule has 2 amide bonds. The first-order valence-electron chi connectivity index (χ1n) is 10.3. The Bertz CT molecular complexity index is 841. The van der Waals surface area contributed by atoms with Crippen molar-refractivity contribution in [3.8, 4) is 5.75 Å². The number of methoxy groups -OCH3 is 1. The summed E-state index contributed by atoms with van der Waals surface area (Å²) in [6.45, 7) is 13.0. The SMILES string of the molecule is C=C(C)C(=O)OCCNC(=O)NC(C)(C)CC(C)(C)Oc1ccc(/C=C/C(=O)OC)cc1. The first kappa shape index (κ1) is 26.7. The molecule has 0 aromatic heterocycles. The molecule has 1 aromatic rings. The molecule has 0 aliphatic carbocycles. The van der Waals surface area contributed by atoms with Crippen molar-refractivity contribution in [1.82, 2.24) is 10.6 Å². The van der Waals surface area contributed by atoms with Gasteiger partial charge in [-0.05, 0) is 58.4 Å². The van der Waals surface area contributed by atoms with Gasteiger partial charge in [0.05, 0.1) is 13.7 Å². The lowest BCUT2D eigenvalue weighted by Gasteiger charge is -2.36. The first-order valence-corrected chi connectivity index (χ1v) is 10.3. The number of benzene rings is 1. The number of amides is 2. The molecule has 1 aromatic carbocycles. The van der Waals surface area contributed by atoms with E-state index in [1.165, 1.54) is 13.2 Å². The van der Waals surface area contributed by atoms with Gasteiger partial charge in [-0.25, -0.2) is 14.4 Å². The van der Waals surface area contributed by atoms with Gasteiger partial charge in [-0.15, -0.1) is 0 Å². The molecular weight excluding hydrogens is 412 g/mol. The largest absolute Gasteiger partial charge is 0.488 e. The normalized spacial score (nSPS) is 11.6. The van der Waals surface area contributed by atoms with E-state index in [2.05, 4.69) is 21.9 Å². The average Bonchev–Trinajstić information content (AvgIpc) is 2.68. The Balaban J connectivity index is 2.54. The number of carbonyl (C=O) groups is 3. The highest BCUT2D eigenvalue weighted by molar-refractivity contribution is 5.87. The Morgan fingerprint density at radius 1 is 1.09 bits per heavy atom. The van der Waals surface area contributed by atoms with Crippen molar-refractivity contribution < 1.29 is 28.6 Å². The number of hydrogen-bond acceptors (Lipinski definition) is 6. The number of carbonyl (C=O) groups excluding carboxylic acids is 3. The van der Waals surface area contributed by atoms with Gasteiger partial charge in [-0.3, -0.25) is 0 Å². The second-order valence-electron chi connectivity index (χ2n) is 8.65. The van der Waals surface area contributed by atoms with E-state index < -0.39 is 23.1 Å². The molecule has 1 rings (SSSR count). The summed E-state index contributed by atoms with van der Waals surface area (Å²) >= 11 is 0. The minimum absolute atomic E-state index is 0.0684. The van der Waals surface area contributed by atoms with Crippen LogP contribution in [0, 0.1) is 0 Å². The highest BCUT2D eigenvalue weighted by atomic mass is 16.5. The van der Waals surface area contributed by atoms with Crippen molar-refractivity contribution in [1.29, 1.82) is 0 Å². The topological polar surface area (TPSA) is 103 Å². The summed E-state index contributed by atoms with van der Waals surface area (Å²) in [6.07, 6.45) is 3.54. The fourth-order valence-corrected chi connectivity index (χ4v) is 3.13.